The smallest absolute Gasteiger partial charge is 0.235 e. The fourth-order valence-electron chi connectivity index (χ4n) is 3.44. The molecule has 0 bridgehead atoms. The van der Waals surface area contributed by atoms with Crippen LogP contribution in [0.4, 0.5) is 0 Å². The van der Waals surface area contributed by atoms with Gasteiger partial charge in [-0.05, 0) is 29.1 Å². The molecule has 19 heavy (non-hydrogen) atoms. The molecule has 1 aromatic carbocycles. The SMILES string of the molecule is CC(C)O[Si](c1ccccc1)(C(C)(C)C)C(C)(C)C. The maximum absolute atomic E-state index is 6.69. The normalized spacial score (nSPS) is 13.9. The van der Waals surface area contributed by atoms with Crippen LogP contribution in [0.15, 0.2) is 30.3 Å². The zero-order valence-corrected chi connectivity index (χ0v) is 14.9. The quantitative estimate of drug-likeness (QED) is 0.717. The van der Waals surface area contributed by atoms with Crippen molar-refractivity contribution in [3.05, 3.63) is 30.3 Å². The molecule has 1 nitrogen and oxygen atoms in total. The lowest BCUT2D eigenvalue weighted by Gasteiger charge is -2.52. The predicted octanol–water partition coefficient (Wildman–Crippen LogP) is 4.86. The second-order valence-electron chi connectivity index (χ2n) is 7.71. The van der Waals surface area contributed by atoms with Gasteiger partial charge in [-0.25, -0.2) is 0 Å². The second-order valence-corrected chi connectivity index (χ2v) is 12.9. The van der Waals surface area contributed by atoms with Gasteiger partial charge in [0.15, 0.2) is 0 Å². The average Bonchev–Trinajstić information content (AvgIpc) is 2.23. The van der Waals surface area contributed by atoms with Crippen LogP contribution in [-0.2, 0) is 4.43 Å². The number of benzene rings is 1. The van der Waals surface area contributed by atoms with E-state index in [9.17, 15) is 0 Å². The maximum Gasteiger partial charge on any atom is 0.235 e. The van der Waals surface area contributed by atoms with E-state index >= 15 is 0 Å². The Labute approximate surface area is 120 Å². The van der Waals surface area contributed by atoms with Gasteiger partial charge in [0.1, 0.15) is 0 Å². The number of hydrogen-bond acceptors (Lipinski definition) is 1. The van der Waals surface area contributed by atoms with E-state index in [1.54, 1.807) is 0 Å². The lowest BCUT2D eigenvalue weighted by molar-refractivity contribution is 0.203. The minimum atomic E-state index is -2.14. The monoisotopic (exact) mass is 278 g/mol. The van der Waals surface area contributed by atoms with E-state index < -0.39 is 8.32 Å². The number of hydrogen-bond donors (Lipinski definition) is 0. The van der Waals surface area contributed by atoms with E-state index in [-0.39, 0.29) is 16.2 Å². The van der Waals surface area contributed by atoms with Gasteiger partial charge < -0.3 is 4.43 Å². The Morgan fingerprint density at radius 3 is 1.58 bits per heavy atom. The Hall–Kier alpha value is -0.603. The minimum absolute atomic E-state index is 0.150. The molecule has 0 aromatic heterocycles. The Kier molecular flexibility index (Phi) is 4.69. The molecule has 0 saturated heterocycles. The first kappa shape index (κ1) is 16.5. The van der Waals surface area contributed by atoms with Gasteiger partial charge in [-0.1, -0.05) is 71.9 Å². The summed E-state index contributed by atoms with van der Waals surface area (Å²) in [6.45, 7) is 18.3. The lowest BCUT2D eigenvalue weighted by Crippen LogP contribution is -2.64. The topological polar surface area (TPSA) is 9.23 Å². The zero-order valence-electron chi connectivity index (χ0n) is 13.9. The van der Waals surface area contributed by atoms with Crippen LogP contribution in [0.25, 0.3) is 0 Å². The summed E-state index contributed by atoms with van der Waals surface area (Å²) in [5, 5.41) is 1.71. The van der Waals surface area contributed by atoms with Crippen molar-refractivity contribution in [2.24, 2.45) is 0 Å². The van der Waals surface area contributed by atoms with Crippen molar-refractivity contribution >= 4 is 13.5 Å². The molecule has 0 spiro atoms. The van der Waals surface area contributed by atoms with Gasteiger partial charge in [-0.2, -0.15) is 0 Å². The van der Waals surface area contributed by atoms with Crippen molar-refractivity contribution in [3.63, 3.8) is 0 Å². The molecular weight excluding hydrogens is 248 g/mol. The molecule has 2 heteroatoms. The van der Waals surface area contributed by atoms with E-state index in [1.165, 1.54) is 5.19 Å². The standard InChI is InChI=1S/C17H30OSi/c1-14(2)18-19(16(3,4)5,17(6,7)8)15-12-10-9-11-13-15/h9-14H,1-8H3. The summed E-state index contributed by atoms with van der Waals surface area (Å²) >= 11 is 0. The molecule has 1 aromatic rings. The largest absolute Gasteiger partial charge is 0.409 e. The van der Waals surface area contributed by atoms with E-state index in [4.69, 9.17) is 4.43 Å². The van der Waals surface area contributed by atoms with Crippen LogP contribution in [0.2, 0.25) is 10.1 Å². The van der Waals surface area contributed by atoms with E-state index in [0.717, 1.165) is 0 Å². The molecule has 1 rings (SSSR count). The molecule has 0 heterocycles. The van der Waals surface area contributed by atoms with Crippen molar-refractivity contribution in [1.29, 1.82) is 0 Å². The van der Waals surface area contributed by atoms with Crippen molar-refractivity contribution in [2.75, 3.05) is 0 Å². The highest BCUT2D eigenvalue weighted by molar-refractivity contribution is 6.91. The highest BCUT2D eigenvalue weighted by atomic mass is 28.4. The van der Waals surface area contributed by atoms with Crippen LogP contribution in [0.5, 0.6) is 0 Å². The van der Waals surface area contributed by atoms with Gasteiger partial charge in [0, 0.05) is 6.10 Å². The van der Waals surface area contributed by atoms with Gasteiger partial charge >= 0.3 is 0 Å². The van der Waals surface area contributed by atoms with Gasteiger partial charge in [0.2, 0.25) is 8.32 Å². The third-order valence-corrected chi connectivity index (χ3v) is 9.90. The van der Waals surface area contributed by atoms with E-state index in [1.807, 2.05) is 0 Å². The van der Waals surface area contributed by atoms with Gasteiger partial charge in [0.05, 0.1) is 0 Å². The Balaban J connectivity index is 3.54. The van der Waals surface area contributed by atoms with Gasteiger partial charge in [-0.3, -0.25) is 0 Å². The Morgan fingerprint density at radius 2 is 1.26 bits per heavy atom. The van der Waals surface area contributed by atoms with Crippen molar-refractivity contribution < 1.29 is 4.43 Å². The summed E-state index contributed by atoms with van der Waals surface area (Å²) in [7, 11) is -2.14. The first-order chi connectivity index (χ1) is 8.52. The van der Waals surface area contributed by atoms with Crippen LogP contribution in [0, 0.1) is 0 Å². The third-order valence-electron chi connectivity index (χ3n) is 3.71. The predicted molar refractivity (Wildman–Crippen MR) is 87.5 cm³/mol. The lowest BCUT2D eigenvalue weighted by atomic mass is 10.2. The van der Waals surface area contributed by atoms with Crippen molar-refractivity contribution in [3.8, 4) is 0 Å². The second kappa shape index (κ2) is 5.41. The summed E-state index contributed by atoms with van der Waals surface area (Å²) in [6.07, 6.45) is 0.255. The molecule has 0 atom stereocenters. The summed E-state index contributed by atoms with van der Waals surface area (Å²) < 4.78 is 6.69. The maximum atomic E-state index is 6.69. The Bertz CT molecular complexity index is 382. The number of rotatable bonds is 3. The molecule has 0 radical (unpaired) electrons. The van der Waals surface area contributed by atoms with Gasteiger partial charge in [0.25, 0.3) is 0 Å². The molecule has 0 fully saturated rings. The molecule has 108 valence electrons. The molecule has 0 unspecified atom stereocenters. The molecule has 0 saturated carbocycles. The van der Waals surface area contributed by atoms with Crippen LogP contribution in [-0.4, -0.2) is 14.4 Å². The fourth-order valence-corrected chi connectivity index (χ4v) is 9.63. The highest BCUT2D eigenvalue weighted by Gasteiger charge is 2.56. The van der Waals surface area contributed by atoms with Crippen LogP contribution >= 0.6 is 0 Å². The molecule has 0 aliphatic rings. The summed E-state index contributed by atoms with van der Waals surface area (Å²) in [6, 6.07) is 10.9. The first-order valence-electron chi connectivity index (χ1n) is 7.26. The van der Waals surface area contributed by atoms with Crippen LogP contribution in [0.1, 0.15) is 55.4 Å². The molecule has 0 aliphatic carbocycles. The Morgan fingerprint density at radius 1 is 0.842 bits per heavy atom. The van der Waals surface area contributed by atoms with Crippen molar-refractivity contribution in [1.82, 2.24) is 0 Å². The third kappa shape index (κ3) is 3.11. The van der Waals surface area contributed by atoms with Crippen molar-refractivity contribution in [2.45, 2.75) is 71.6 Å². The molecule has 0 N–H and O–H groups in total. The van der Waals surface area contributed by atoms with Gasteiger partial charge in [-0.15, -0.1) is 0 Å². The summed E-state index contributed by atoms with van der Waals surface area (Å²) in [5.74, 6) is 0. The molecule has 0 amide bonds. The van der Waals surface area contributed by atoms with E-state index in [0.29, 0.717) is 0 Å². The molecule has 0 aliphatic heterocycles. The summed E-state index contributed by atoms with van der Waals surface area (Å²) in [5.41, 5.74) is 0. The van der Waals surface area contributed by atoms with Crippen LogP contribution in [0.3, 0.4) is 0 Å². The van der Waals surface area contributed by atoms with Crippen LogP contribution < -0.4 is 5.19 Å². The zero-order chi connectivity index (χ0) is 14.9. The first-order valence-corrected chi connectivity index (χ1v) is 9.16. The average molecular weight is 279 g/mol. The summed E-state index contributed by atoms with van der Waals surface area (Å²) in [4.78, 5) is 0. The van der Waals surface area contributed by atoms with E-state index in [2.05, 4.69) is 85.7 Å². The molecular formula is C17H30OSi. The fraction of sp³-hybridized carbons (Fsp3) is 0.647. The minimum Gasteiger partial charge on any atom is -0.409 e. The highest BCUT2D eigenvalue weighted by Crippen LogP contribution is 2.51.